The van der Waals surface area contributed by atoms with Crippen molar-refractivity contribution in [2.24, 2.45) is 5.92 Å². The van der Waals surface area contributed by atoms with E-state index >= 15 is 0 Å². The van der Waals surface area contributed by atoms with Gasteiger partial charge in [0.05, 0.1) is 17.2 Å². The number of alkyl halides is 6. The van der Waals surface area contributed by atoms with Crippen LogP contribution in [0.15, 0.2) is 42.5 Å². The molecule has 1 aliphatic rings. The van der Waals surface area contributed by atoms with Crippen molar-refractivity contribution >= 4 is 18.3 Å². The molecule has 3 nitrogen and oxygen atoms in total. The highest BCUT2D eigenvalue weighted by Gasteiger charge is 2.39. The number of rotatable bonds is 4. The quantitative estimate of drug-likeness (QED) is 0.487. The van der Waals surface area contributed by atoms with E-state index < -0.39 is 35.4 Å². The molecule has 1 aliphatic heterocycles. The minimum Gasteiger partial charge on any atom is -0.339 e. The van der Waals surface area contributed by atoms with Gasteiger partial charge in [0.2, 0.25) is 5.91 Å². The first-order valence-electron chi connectivity index (χ1n) is 10.6. The zero-order valence-electron chi connectivity index (χ0n) is 18.9. The lowest BCUT2D eigenvalue weighted by atomic mass is 9.79. The van der Waals surface area contributed by atoms with Crippen molar-refractivity contribution in [1.82, 2.24) is 10.2 Å². The monoisotopic (exact) mass is 508 g/mol. The summed E-state index contributed by atoms with van der Waals surface area (Å²) in [5, 5.41) is 3.27. The van der Waals surface area contributed by atoms with Gasteiger partial charge < -0.3 is 10.2 Å². The Morgan fingerprint density at radius 3 is 2.12 bits per heavy atom. The number of nitrogens with zero attached hydrogens (tertiary/aromatic N) is 1. The van der Waals surface area contributed by atoms with Crippen LogP contribution in [-0.2, 0) is 17.1 Å². The van der Waals surface area contributed by atoms with E-state index in [4.69, 9.17) is 0 Å². The van der Waals surface area contributed by atoms with Gasteiger partial charge >= 0.3 is 12.4 Å². The Morgan fingerprint density at radius 2 is 1.59 bits per heavy atom. The van der Waals surface area contributed by atoms with Gasteiger partial charge in [-0.15, -0.1) is 12.4 Å². The number of halogens is 7. The van der Waals surface area contributed by atoms with Crippen LogP contribution in [0.3, 0.4) is 0 Å². The summed E-state index contributed by atoms with van der Waals surface area (Å²) in [6, 6.07) is 8.15. The van der Waals surface area contributed by atoms with E-state index in [1.807, 2.05) is 31.2 Å². The van der Waals surface area contributed by atoms with Gasteiger partial charge in [0, 0.05) is 25.4 Å². The van der Waals surface area contributed by atoms with Gasteiger partial charge in [0.15, 0.2) is 0 Å². The van der Waals surface area contributed by atoms with Gasteiger partial charge in [-0.1, -0.05) is 24.3 Å². The zero-order valence-corrected chi connectivity index (χ0v) is 19.7. The van der Waals surface area contributed by atoms with E-state index in [-0.39, 0.29) is 35.9 Å². The van der Waals surface area contributed by atoms with E-state index in [1.54, 1.807) is 0 Å². The maximum Gasteiger partial charge on any atom is 0.416 e. The van der Waals surface area contributed by atoms with Crippen LogP contribution >= 0.6 is 12.4 Å². The van der Waals surface area contributed by atoms with Crippen LogP contribution in [-0.4, -0.2) is 30.9 Å². The lowest BCUT2D eigenvalue weighted by Crippen LogP contribution is -2.44. The normalized spacial score (nSPS) is 19.8. The predicted octanol–water partition coefficient (Wildman–Crippen LogP) is 6.37. The average Bonchev–Trinajstić information content (AvgIpc) is 2.76. The van der Waals surface area contributed by atoms with E-state index in [0.717, 1.165) is 11.1 Å². The van der Waals surface area contributed by atoms with Crippen molar-refractivity contribution in [1.29, 1.82) is 0 Å². The second-order valence-electron chi connectivity index (χ2n) is 8.53. The molecule has 0 spiro atoms. The summed E-state index contributed by atoms with van der Waals surface area (Å²) in [7, 11) is 1.43. The number of hydrogen-bond donors (Lipinski definition) is 1. The van der Waals surface area contributed by atoms with Crippen LogP contribution in [0.2, 0.25) is 0 Å². The number of carbonyl (C=O) groups is 1. The lowest BCUT2D eigenvalue weighted by Gasteiger charge is -2.37. The third-order valence-electron chi connectivity index (χ3n) is 6.41. The van der Waals surface area contributed by atoms with Crippen LogP contribution in [0.25, 0.3) is 0 Å². The molecule has 0 saturated carbocycles. The molecule has 0 bridgehead atoms. The van der Waals surface area contributed by atoms with Crippen molar-refractivity contribution in [2.75, 3.05) is 20.1 Å². The van der Waals surface area contributed by atoms with Gasteiger partial charge in [-0.05, 0) is 61.7 Å². The second-order valence-corrected chi connectivity index (χ2v) is 8.53. The topological polar surface area (TPSA) is 32.3 Å². The zero-order chi connectivity index (χ0) is 24.6. The minimum atomic E-state index is -4.94. The fourth-order valence-corrected chi connectivity index (χ4v) is 4.38. The molecule has 2 aromatic rings. The Labute approximate surface area is 200 Å². The number of piperidine rings is 1. The highest BCUT2D eigenvalue weighted by Crippen LogP contribution is 2.39. The van der Waals surface area contributed by atoms with Crippen LogP contribution in [0.5, 0.6) is 0 Å². The molecular weight excluding hydrogens is 482 g/mol. The van der Waals surface area contributed by atoms with Gasteiger partial charge in [0.1, 0.15) is 0 Å². The molecule has 1 amide bonds. The summed E-state index contributed by atoms with van der Waals surface area (Å²) < 4.78 is 79.6. The molecule has 0 unspecified atom stereocenters. The highest BCUT2D eigenvalue weighted by atomic mass is 35.5. The number of benzene rings is 2. The van der Waals surface area contributed by atoms with E-state index in [2.05, 4.69) is 5.32 Å². The molecule has 0 aromatic heterocycles. The molecule has 1 saturated heterocycles. The summed E-state index contributed by atoms with van der Waals surface area (Å²) in [5.74, 6) is -0.884. The fraction of sp³-hybridized carbons (Fsp3) is 0.458. The molecule has 2 aromatic carbocycles. The number of hydrogen-bond acceptors (Lipinski definition) is 2. The Hall–Kier alpha value is -2.26. The summed E-state index contributed by atoms with van der Waals surface area (Å²) in [4.78, 5) is 14.7. The largest absolute Gasteiger partial charge is 0.416 e. The van der Waals surface area contributed by atoms with E-state index in [1.165, 1.54) is 18.9 Å². The first-order valence-corrected chi connectivity index (χ1v) is 10.6. The van der Waals surface area contributed by atoms with Crippen LogP contribution in [0.1, 0.15) is 53.1 Å². The Balaban J connectivity index is 0.00000408. The van der Waals surface area contributed by atoms with Gasteiger partial charge in [-0.25, -0.2) is 0 Å². The smallest absolute Gasteiger partial charge is 0.339 e. The SMILES string of the molecule is Cc1ccccc1[C@H]1CNCC[C@@H]1C(=O)N(C)[C@@H](C)c1cc(C(F)(F)F)cc(C(F)(F)F)c1.Cl. The molecule has 1 N–H and O–H groups in total. The predicted molar refractivity (Wildman–Crippen MR) is 120 cm³/mol. The molecule has 0 radical (unpaired) electrons. The van der Waals surface area contributed by atoms with Crippen LogP contribution in [0.4, 0.5) is 26.3 Å². The lowest BCUT2D eigenvalue weighted by molar-refractivity contribution is -0.143. The van der Waals surface area contributed by atoms with Crippen molar-refractivity contribution in [2.45, 2.75) is 44.6 Å². The van der Waals surface area contributed by atoms with Crippen molar-refractivity contribution in [3.8, 4) is 0 Å². The summed E-state index contributed by atoms with van der Waals surface area (Å²) in [5.41, 5.74) is -0.969. The third kappa shape index (κ3) is 6.05. The van der Waals surface area contributed by atoms with Crippen LogP contribution in [0, 0.1) is 12.8 Å². The number of aryl methyl sites for hydroxylation is 1. The van der Waals surface area contributed by atoms with Crippen LogP contribution < -0.4 is 5.32 Å². The Kier molecular flexibility index (Phi) is 8.69. The van der Waals surface area contributed by atoms with Crippen molar-refractivity contribution < 1.29 is 31.1 Å². The van der Waals surface area contributed by atoms with Gasteiger partial charge in [-0.3, -0.25) is 4.79 Å². The molecule has 0 aliphatic carbocycles. The van der Waals surface area contributed by atoms with Gasteiger partial charge in [0.25, 0.3) is 0 Å². The standard InChI is InChI=1S/C24H26F6N2O.ClH/c1-14-6-4-5-7-19(14)21-13-31-9-8-20(21)22(33)32(3)15(2)16-10-17(23(25,26)27)12-18(11-16)24(28,29)30;/h4-7,10-12,15,20-21,31H,8-9,13H2,1-3H3;1H/t15-,20-,21+;/m0./s1. The second kappa shape index (κ2) is 10.6. The summed E-state index contributed by atoms with van der Waals surface area (Å²) >= 11 is 0. The third-order valence-corrected chi connectivity index (χ3v) is 6.41. The minimum absolute atomic E-state index is 0. The fourth-order valence-electron chi connectivity index (χ4n) is 4.38. The molecule has 1 heterocycles. The Bertz CT molecular complexity index is 975. The molecule has 1 fully saturated rings. The highest BCUT2D eigenvalue weighted by molar-refractivity contribution is 5.85. The number of amides is 1. The number of carbonyl (C=O) groups excluding carboxylic acids is 1. The van der Waals surface area contributed by atoms with Gasteiger partial charge in [-0.2, -0.15) is 26.3 Å². The van der Waals surface area contributed by atoms with Crippen molar-refractivity contribution in [3.05, 3.63) is 70.3 Å². The van der Waals surface area contributed by atoms with E-state index in [0.29, 0.717) is 31.6 Å². The molecule has 34 heavy (non-hydrogen) atoms. The molecular formula is C24H27ClF6N2O. The molecule has 10 heteroatoms. The van der Waals surface area contributed by atoms with E-state index in [9.17, 15) is 31.1 Å². The first-order chi connectivity index (χ1) is 15.3. The maximum absolute atomic E-state index is 13.4. The summed E-state index contributed by atoms with van der Waals surface area (Å²) in [6.07, 6.45) is -9.36. The maximum atomic E-state index is 13.4. The average molecular weight is 509 g/mol. The van der Waals surface area contributed by atoms with Crippen molar-refractivity contribution in [3.63, 3.8) is 0 Å². The molecule has 188 valence electrons. The number of nitrogens with one attached hydrogen (secondary N) is 1. The Morgan fingerprint density at radius 1 is 1.03 bits per heavy atom. The molecule has 3 atom stereocenters. The summed E-state index contributed by atoms with van der Waals surface area (Å²) in [6.45, 7) is 4.55. The molecule has 3 rings (SSSR count). The first kappa shape index (κ1) is 28.0.